The maximum atomic E-state index is 12.2. The maximum absolute atomic E-state index is 12.2. The van der Waals surface area contributed by atoms with Crippen LogP contribution in [0.1, 0.15) is 20.3 Å². The summed E-state index contributed by atoms with van der Waals surface area (Å²) >= 11 is 0. The minimum atomic E-state index is -0.309. The van der Waals surface area contributed by atoms with Crippen LogP contribution in [0.4, 0.5) is 17.1 Å². The number of nitrogens with one attached hydrogen (secondary N) is 2. The third kappa shape index (κ3) is 4.52. The third-order valence-corrected chi connectivity index (χ3v) is 5.42. The molecule has 3 aromatic rings. The zero-order valence-corrected chi connectivity index (χ0v) is 17.9. The lowest BCUT2D eigenvalue weighted by Crippen LogP contribution is -2.45. The van der Waals surface area contributed by atoms with Gasteiger partial charge < -0.3 is 24.7 Å². The second kappa shape index (κ2) is 8.93. The lowest BCUT2D eigenvalue weighted by atomic mass is 10.2. The number of nitrogens with zero attached hydrogens (tertiary/aromatic N) is 2. The van der Waals surface area contributed by atoms with Crippen LogP contribution in [0.25, 0.3) is 11.1 Å². The summed E-state index contributed by atoms with van der Waals surface area (Å²) in [4.78, 5) is 14.5. The molecule has 4 rings (SSSR count). The van der Waals surface area contributed by atoms with Gasteiger partial charge in [-0.2, -0.15) is 0 Å². The SMILES string of the molecule is CNCCCn1c(=O)oc2ccc(Nc3ccc(N4CC(C)OC(C)C4)cc3)cc21. The summed E-state index contributed by atoms with van der Waals surface area (Å²) < 4.78 is 12.9. The van der Waals surface area contributed by atoms with Gasteiger partial charge in [-0.15, -0.1) is 0 Å². The van der Waals surface area contributed by atoms with Gasteiger partial charge in [0.1, 0.15) is 0 Å². The van der Waals surface area contributed by atoms with Crippen molar-refractivity contribution in [3.63, 3.8) is 0 Å². The van der Waals surface area contributed by atoms with Gasteiger partial charge in [0.25, 0.3) is 0 Å². The monoisotopic (exact) mass is 410 g/mol. The minimum absolute atomic E-state index is 0.235. The molecule has 2 N–H and O–H groups in total. The molecule has 1 saturated heterocycles. The number of benzene rings is 2. The Morgan fingerprint density at radius 1 is 1.03 bits per heavy atom. The summed E-state index contributed by atoms with van der Waals surface area (Å²) in [5.74, 6) is -0.309. The fraction of sp³-hybridized carbons (Fsp3) is 0.435. The van der Waals surface area contributed by atoms with Crippen molar-refractivity contribution in [3.05, 3.63) is 53.0 Å². The van der Waals surface area contributed by atoms with Crippen LogP contribution in [0.5, 0.6) is 0 Å². The molecule has 1 aliphatic heterocycles. The average molecular weight is 411 g/mol. The molecule has 0 radical (unpaired) electrons. The van der Waals surface area contributed by atoms with E-state index in [-0.39, 0.29) is 18.0 Å². The van der Waals surface area contributed by atoms with E-state index in [0.717, 1.165) is 42.9 Å². The summed E-state index contributed by atoms with van der Waals surface area (Å²) in [6.07, 6.45) is 1.33. The smallest absolute Gasteiger partial charge is 0.408 e. The second-order valence-electron chi connectivity index (χ2n) is 7.99. The molecule has 0 spiro atoms. The molecule has 2 heterocycles. The summed E-state index contributed by atoms with van der Waals surface area (Å²) in [5.41, 5.74) is 4.55. The van der Waals surface area contributed by atoms with Crippen molar-refractivity contribution in [2.75, 3.05) is 36.9 Å². The molecule has 0 bridgehead atoms. The van der Waals surface area contributed by atoms with Crippen LogP contribution in [0.2, 0.25) is 0 Å². The second-order valence-corrected chi connectivity index (χ2v) is 7.99. The Morgan fingerprint density at radius 2 is 1.73 bits per heavy atom. The van der Waals surface area contributed by atoms with Crippen molar-refractivity contribution >= 4 is 28.2 Å². The van der Waals surface area contributed by atoms with E-state index in [1.807, 2.05) is 25.2 Å². The zero-order chi connectivity index (χ0) is 21.1. The lowest BCUT2D eigenvalue weighted by molar-refractivity contribution is -0.00521. The Kier molecular flexibility index (Phi) is 6.11. The maximum Gasteiger partial charge on any atom is 0.419 e. The molecule has 7 nitrogen and oxygen atoms in total. The Labute approximate surface area is 176 Å². The van der Waals surface area contributed by atoms with Gasteiger partial charge in [-0.05, 0) is 76.3 Å². The van der Waals surface area contributed by atoms with Gasteiger partial charge in [-0.25, -0.2) is 4.79 Å². The molecule has 160 valence electrons. The van der Waals surface area contributed by atoms with Gasteiger partial charge in [-0.3, -0.25) is 4.57 Å². The van der Waals surface area contributed by atoms with Crippen molar-refractivity contribution < 1.29 is 9.15 Å². The molecule has 30 heavy (non-hydrogen) atoms. The Bertz CT molecular complexity index is 1030. The van der Waals surface area contributed by atoms with Crippen molar-refractivity contribution in [1.82, 2.24) is 9.88 Å². The number of ether oxygens (including phenoxy) is 1. The van der Waals surface area contributed by atoms with Crippen LogP contribution in [-0.4, -0.2) is 43.5 Å². The van der Waals surface area contributed by atoms with E-state index < -0.39 is 0 Å². The van der Waals surface area contributed by atoms with Crippen molar-refractivity contribution in [2.24, 2.45) is 0 Å². The standard InChI is InChI=1S/C23H30N4O3/c1-16-14-26(15-17(2)29-16)20-8-5-18(6-9-20)25-19-7-10-22-21(13-19)27(23(28)30-22)12-4-11-24-3/h5-10,13,16-17,24-25H,4,11-12,14-15H2,1-3H3. The topological polar surface area (TPSA) is 71.7 Å². The molecule has 2 atom stereocenters. The van der Waals surface area contributed by atoms with Crippen molar-refractivity contribution in [3.8, 4) is 0 Å². The number of oxazole rings is 1. The summed E-state index contributed by atoms with van der Waals surface area (Å²) in [7, 11) is 1.91. The van der Waals surface area contributed by atoms with E-state index in [1.54, 1.807) is 4.57 Å². The van der Waals surface area contributed by atoms with E-state index in [4.69, 9.17) is 9.15 Å². The molecule has 0 amide bonds. The van der Waals surface area contributed by atoms with Crippen LogP contribution >= 0.6 is 0 Å². The molecular weight excluding hydrogens is 380 g/mol. The first kappa shape index (κ1) is 20.5. The first-order valence-electron chi connectivity index (χ1n) is 10.6. The summed E-state index contributed by atoms with van der Waals surface area (Å²) in [5, 5.41) is 6.54. The summed E-state index contributed by atoms with van der Waals surface area (Å²) in [6.45, 7) is 7.51. The third-order valence-electron chi connectivity index (χ3n) is 5.42. The first-order valence-corrected chi connectivity index (χ1v) is 10.6. The largest absolute Gasteiger partial charge is 0.419 e. The van der Waals surface area contributed by atoms with Crippen LogP contribution in [0.3, 0.4) is 0 Å². The highest BCUT2D eigenvalue weighted by molar-refractivity contribution is 5.79. The van der Waals surface area contributed by atoms with E-state index in [1.165, 1.54) is 5.69 Å². The molecule has 1 fully saturated rings. The first-order chi connectivity index (χ1) is 14.5. The van der Waals surface area contributed by atoms with E-state index >= 15 is 0 Å². The van der Waals surface area contributed by atoms with E-state index in [2.05, 4.69) is 53.6 Å². The Balaban J connectivity index is 1.49. The number of rotatable bonds is 7. The quantitative estimate of drug-likeness (QED) is 0.581. The predicted molar refractivity (Wildman–Crippen MR) is 121 cm³/mol. The van der Waals surface area contributed by atoms with Gasteiger partial charge in [0.05, 0.1) is 17.7 Å². The summed E-state index contributed by atoms with van der Waals surface area (Å²) in [6, 6.07) is 14.2. The highest BCUT2D eigenvalue weighted by Gasteiger charge is 2.22. The van der Waals surface area contributed by atoms with Gasteiger partial charge in [0, 0.05) is 36.7 Å². The number of fused-ring (bicyclic) bond motifs is 1. The van der Waals surface area contributed by atoms with Crippen LogP contribution in [-0.2, 0) is 11.3 Å². The van der Waals surface area contributed by atoms with E-state index in [9.17, 15) is 4.79 Å². The van der Waals surface area contributed by atoms with Gasteiger partial charge in [-0.1, -0.05) is 0 Å². The number of hydrogen-bond acceptors (Lipinski definition) is 6. The average Bonchev–Trinajstić information content (AvgIpc) is 3.03. The highest BCUT2D eigenvalue weighted by atomic mass is 16.5. The van der Waals surface area contributed by atoms with Gasteiger partial charge in [0.15, 0.2) is 5.58 Å². The highest BCUT2D eigenvalue weighted by Crippen LogP contribution is 2.26. The van der Waals surface area contributed by atoms with Crippen LogP contribution in [0.15, 0.2) is 51.7 Å². The lowest BCUT2D eigenvalue weighted by Gasteiger charge is -2.36. The Hall–Kier alpha value is -2.77. The number of morpholine rings is 1. The predicted octanol–water partition coefficient (Wildman–Crippen LogP) is 3.56. The van der Waals surface area contributed by atoms with Crippen LogP contribution in [0, 0.1) is 0 Å². The minimum Gasteiger partial charge on any atom is -0.408 e. The van der Waals surface area contributed by atoms with Gasteiger partial charge in [0.2, 0.25) is 0 Å². The van der Waals surface area contributed by atoms with Crippen molar-refractivity contribution in [1.29, 1.82) is 0 Å². The fourth-order valence-corrected chi connectivity index (χ4v) is 4.08. The molecule has 2 unspecified atom stereocenters. The van der Waals surface area contributed by atoms with Crippen LogP contribution < -0.4 is 21.3 Å². The number of aromatic nitrogens is 1. The molecule has 7 heteroatoms. The number of anilines is 3. The fourth-order valence-electron chi connectivity index (χ4n) is 4.08. The molecule has 0 aliphatic carbocycles. The normalized spacial score (nSPS) is 19.4. The van der Waals surface area contributed by atoms with Crippen molar-refractivity contribution in [2.45, 2.75) is 39.0 Å². The molecule has 1 aromatic heterocycles. The number of aryl methyl sites for hydroxylation is 1. The number of hydrogen-bond donors (Lipinski definition) is 2. The van der Waals surface area contributed by atoms with Gasteiger partial charge >= 0.3 is 5.76 Å². The Morgan fingerprint density at radius 3 is 2.43 bits per heavy atom. The van der Waals surface area contributed by atoms with E-state index in [0.29, 0.717) is 12.1 Å². The molecular formula is C23H30N4O3. The molecule has 1 aliphatic rings. The zero-order valence-electron chi connectivity index (χ0n) is 17.9. The molecule has 2 aromatic carbocycles. The molecule has 0 saturated carbocycles.